The van der Waals surface area contributed by atoms with Crippen molar-refractivity contribution in [1.82, 2.24) is 25.1 Å². The van der Waals surface area contributed by atoms with Gasteiger partial charge in [-0.25, -0.2) is 9.55 Å². The van der Waals surface area contributed by atoms with Crippen molar-refractivity contribution >= 4 is 42.9 Å². The number of carbonyl (C=O) groups is 6. The first-order chi connectivity index (χ1) is 31.9. The number of aliphatic hydroxyl groups is 1. The van der Waals surface area contributed by atoms with Crippen LogP contribution in [0.2, 0.25) is 0 Å². The van der Waals surface area contributed by atoms with Gasteiger partial charge < -0.3 is 44.5 Å². The van der Waals surface area contributed by atoms with E-state index in [9.17, 15) is 48.2 Å². The Morgan fingerprint density at radius 2 is 1.55 bits per heavy atom. The van der Waals surface area contributed by atoms with E-state index in [-0.39, 0.29) is 44.1 Å². The topological polar surface area (TPSA) is 253 Å². The molecule has 0 radical (unpaired) electrons. The van der Waals surface area contributed by atoms with E-state index in [4.69, 9.17) is 9.47 Å². The lowest BCUT2D eigenvalue weighted by Gasteiger charge is -2.28. The highest BCUT2D eigenvalue weighted by atomic mass is 31.2. The van der Waals surface area contributed by atoms with Gasteiger partial charge in [0.15, 0.2) is 11.6 Å². The lowest BCUT2D eigenvalue weighted by atomic mass is 9.89. The number of carbonyl (C=O) groups excluding carboxylic acids is 6. The van der Waals surface area contributed by atoms with Gasteiger partial charge in [-0.3, -0.25) is 33.3 Å². The number of ether oxygens (including phenoxy) is 2. The first kappa shape index (κ1) is 57.2. The highest BCUT2D eigenvalue weighted by molar-refractivity contribution is 7.46. The molecule has 67 heavy (non-hydrogen) atoms. The SMILES string of the molecule is COCCOCCC(=O)N1CCC[C@H]1C(=O)N[C@@H](CC(C)C)C(=O)C[C@@H](Cc1cncn1CCCCCCCCCc1ccccc1)C(=O)N[C@@H](CO)C(=O)C[C@H](C(C)=O)[C@@H](C)OP(=O)(O)O. The third-order valence-electron chi connectivity index (χ3n) is 12.2. The number of phosphoric acid groups is 1. The van der Waals surface area contributed by atoms with Crippen LogP contribution in [0.5, 0.6) is 0 Å². The number of methoxy groups -OCH3 is 1. The van der Waals surface area contributed by atoms with Gasteiger partial charge in [-0.05, 0) is 63.9 Å². The molecule has 18 nitrogen and oxygen atoms in total. The van der Waals surface area contributed by atoms with Crippen LogP contribution in [0.1, 0.15) is 122 Å². The van der Waals surface area contributed by atoms with Crippen molar-refractivity contribution in [3.63, 3.8) is 0 Å². The van der Waals surface area contributed by atoms with Crippen LogP contribution in [0.3, 0.4) is 0 Å². The summed E-state index contributed by atoms with van der Waals surface area (Å²) >= 11 is 0. The molecule has 1 aliphatic rings. The number of nitrogens with one attached hydrogen (secondary N) is 2. The molecule has 376 valence electrons. The number of imidazole rings is 1. The number of amides is 3. The fraction of sp³-hybridized carbons (Fsp3) is 0.688. The molecule has 0 saturated carbocycles. The monoisotopic (exact) mass is 962 g/mol. The van der Waals surface area contributed by atoms with Crippen LogP contribution in [0, 0.1) is 17.8 Å². The second-order valence-electron chi connectivity index (χ2n) is 18.1. The summed E-state index contributed by atoms with van der Waals surface area (Å²) in [4.78, 5) is 106. The number of ketones is 3. The Bertz CT molecular complexity index is 1890. The third-order valence-corrected chi connectivity index (χ3v) is 12.8. The predicted molar refractivity (Wildman–Crippen MR) is 250 cm³/mol. The number of Topliss-reactive ketones (excluding diaryl/α,β-unsaturated/α-hetero) is 3. The summed E-state index contributed by atoms with van der Waals surface area (Å²) in [5.74, 6) is -5.72. The summed E-state index contributed by atoms with van der Waals surface area (Å²) in [5.41, 5.74) is 2.02. The Kier molecular flexibility index (Phi) is 25.9. The number of phosphoric ester groups is 1. The van der Waals surface area contributed by atoms with Gasteiger partial charge in [0.2, 0.25) is 17.7 Å². The number of benzene rings is 1. The number of aromatic nitrogens is 2. The molecule has 1 aliphatic heterocycles. The quantitative estimate of drug-likeness (QED) is 0.0465. The van der Waals surface area contributed by atoms with Crippen molar-refractivity contribution in [2.45, 2.75) is 155 Å². The molecule has 1 fully saturated rings. The average molecular weight is 962 g/mol. The molecule has 3 rings (SSSR count). The Labute approximate surface area is 395 Å². The van der Waals surface area contributed by atoms with Crippen molar-refractivity contribution in [3.05, 3.63) is 54.1 Å². The van der Waals surface area contributed by atoms with Crippen LogP contribution < -0.4 is 10.6 Å². The van der Waals surface area contributed by atoms with Crippen molar-refractivity contribution in [1.29, 1.82) is 0 Å². The largest absolute Gasteiger partial charge is 0.469 e. The van der Waals surface area contributed by atoms with Crippen LogP contribution in [0.25, 0.3) is 0 Å². The van der Waals surface area contributed by atoms with Gasteiger partial charge >= 0.3 is 7.82 Å². The number of nitrogens with zero attached hydrogens (tertiary/aromatic N) is 3. The number of hydrogen-bond acceptors (Lipinski definition) is 12. The molecule has 3 amide bonds. The van der Waals surface area contributed by atoms with E-state index in [0.29, 0.717) is 44.8 Å². The van der Waals surface area contributed by atoms with Crippen molar-refractivity contribution < 1.29 is 62.2 Å². The highest BCUT2D eigenvalue weighted by Gasteiger charge is 2.38. The van der Waals surface area contributed by atoms with E-state index in [1.807, 2.05) is 24.5 Å². The number of unbranched alkanes of at least 4 members (excludes halogenated alkanes) is 6. The Morgan fingerprint density at radius 3 is 2.19 bits per heavy atom. The van der Waals surface area contributed by atoms with E-state index in [1.54, 1.807) is 19.6 Å². The lowest BCUT2D eigenvalue weighted by Crippen LogP contribution is -2.52. The molecule has 0 bridgehead atoms. The zero-order chi connectivity index (χ0) is 49.4. The normalized spacial score (nSPS) is 16.3. The van der Waals surface area contributed by atoms with Crippen molar-refractivity contribution in [2.24, 2.45) is 17.8 Å². The van der Waals surface area contributed by atoms with Gasteiger partial charge in [-0.15, -0.1) is 0 Å². The lowest BCUT2D eigenvalue weighted by molar-refractivity contribution is -0.140. The summed E-state index contributed by atoms with van der Waals surface area (Å²) in [5, 5.41) is 15.8. The molecule has 0 spiro atoms. The first-order valence-corrected chi connectivity index (χ1v) is 25.4. The van der Waals surface area contributed by atoms with Crippen molar-refractivity contribution in [3.8, 4) is 0 Å². The molecule has 0 unspecified atom stereocenters. The Morgan fingerprint density at radius 1 is 0.881 bits per heavy atom. The van der Waals surface area contributed by atoms with Gasteiger partial charge in [-0.2, -0.15) is 0 Å². The molecule has 6 atom stereocenters. The summed E-state index contributed by atoms with van der Waals surface area (Å²) in [6.07, 6.45) is 10.9. The molecule has 2 aromatic rings. The van der Waals surface area contributed by atoms with Crippen LogP contribution in [-0.4, -0.2) is 129 Å². The molecule has 0 aliphatic carbocycles. The smallest absolute Gasteiger partial charge is 0.394 e. The summed E-state index contributed by atoms with van der Waals surface area (Å²) in [6, 6.07) is 7.13. The minimum absolute atomic E-state index is 0.0221. The molecular weight excluding hydrogens is 886 g/mol. The number of aryl methyl sites for hydroxylation is 2. The summed E-state index contributed by atoms with van der Waals surface area (Å²) in [7, 11) is -3.47. The Hall–Kier alpha value is -4.16. The molecule has 1 aromatic heterocycles. The average Bonchev–Trinajstić information content (AvgIpc) is 3.95. The highest BCUT2D eigenvalue weighted by Crippen LogP contribution is 2.39. The fourth-order valence-corrected chi connectivity index (χ4v) is 9.04. The fourth-order valence-electron chi connectivity index (χ4n) is 8.46. The van der Waals surface area contributed by atoms with E-state index in [1.165, 1.54) is 23.8 Å². The predicted octanol–water partition coefficient (Wildman–Crippen LogP) is 4.69. The van der Waals surface area contributed by atoms with Gasteiger partial charge in [0.25, 0.3) is 0 Å². The molecule has 5 N–H and O–H groups in total. The second kappa shape index (κ2) is 30.4. The summed E-state index contributed by atoms with van der Waals surface area (Å²) in [6.45, 7) is 7.19. The van der Waals surface area contributed by atoms with Crippen LogP contribution in [0.4, 0.5) is 0 Å². The third kappa shape index (κ3) is 21.4. The maximum Gasteiger partial charge on any atom is 0.469 e. The van der Waals surface area contributed by atoms with E-state index in [2.05, 4.69) is 44.4 Å². The Balaban J connectivity index is 1.75. The zero-order valence-electron chi connectivity index (χ0n) is 40.1. The summed E-state index contributed by atoms with van der Waals surface area (Å²) < 4.78 is 28.6. The number of likely N-dealkylation sites (tertiary alicyclic amines) is 1. The maximum atomic E-state index is 14.4. The van der Waals surface area contributed by atoms with Gasteiger partial charge in [-0.1, -0.05) is 76.3 Å². The standard InChI is InChI=1S/C48H76N5O13P/c1-34(2)27-41(50-48(60)43-20-16-23-53(43)46(58)21-24-65-26-25-64-5)44(56)29-38(47(59)51-42(32-54)45(57)30-40(35(3)55)36(4)66-67(61,62)63)28-39-31-49-33-52(39)22-15-10-8-6-7-9-12-17-37-18-13-11-14-19-37/h11,13-14,18-19,31,33-34,36,38,40-43,54H,6-10,12,15-17,20-30,32H2,1-5H3,(H,50,60)(H,51,59)(H2,61,62,63)/t36-,38-,40-,41+,42+,43+/m1/s1. The maximum absolute atomic E-state index is 14.4. The van der Waals surface area contributed by atoms with Crippen LogP contribution in [0.15, 0.2) is 42.9 Å². The molecule has 2 heterocycles. The van der Waals surface area contributed by atoms with E-state index in [0.717, 1.165) is 51.9 Å². The molecule has 1 saturated heterocycles. The zero-order valence-corrected chi connectivity index (χ0v) is 41.0. The van der Waals surface area contributed by atoms with E-state index >= 15 is 0 Å². The van der Waals surface area contributed by atoms with Gasteiger partial charge in [0.1, 0.15) is 17.9 Å². The molecule has 19 heteroatoms. The first-order valence-electron chi connectivity index (χ1n) is 23.8. The van der Waals surface area contributed by atoms with Crippen LogP contribution in [-0.2, 0) is 66.7 Å². The number of hydrogen-bond donors (Lipinski definition) is 5. The van der Waals surface area contributed by atoms with Crippen LogP contribution >= 0.6 is 7.82 Å². The molecular formula is C48H76N5O13P. The minimum atomic E-state index is -5.02. The molecule has 1 aromatic carbocycles. The van der Waals surface area contributed by atoms with Crippen molar-refractivity contribution in [2.75, 3.05) is 40.1 Å². The van der Waals surface area contributed by atoms with Gasteiger partial charge in [0.05, 0.1) is 63.2 Å². The minimum Gasteiger partial charge on any atom is -0.394 e. The van der Waals surface area contributed by atoms with E-state index < -0.39 is 86.1 Å². The number of aliphatic hydroxyl groups excluding tert-OH is 1. The number of rotatable bonds is 35. The van der Waals surface area contributed by atoms with Gasteiger partial charge in [0, 0.05) is 51.4 Å². The second-order valence-corrected chi connectivity index (χ2v) is 19.3.